The van der Waals surface area contributed by atoms with Gasteiger partial charge in [0.2, 0.25) is 0 Å². The average molecular weight is 193 g/mol. The first-order valence-corrected chi connectivity index (χ1v) is 5.81. The van der Waals surface area contributed by atoms with E-state index >= 15 is 0 Å². The van der Waals surface area contributed by atoms with Crippen LogP contribution in [0.3, 0.4) is 0 Å². The number of Topliss-reactive ketones (excluding diaryl/α,β-unsaturated/α-hetero) is 1. The van der Waals surface area contributed by atoms with Gasteiger partial charge in [0.15, 0.2) is 5.78 Å². The minimum atomic E-state index is 0.391. The van der Waals surface area contributed by atoms with E-state index in [4.69, 9.17) is 0 Å². The number of piperidine rings is 1. The normalized spacial score (nSPS) is 24.9. The Bertz CT molecular complexity index is 239. The first-order chi connectivity index (χ1) is 6.86. The number of likely N-dealkylation sites (tertiary alicyclic amines) is 1. The molecule has 0 atom stereocenters. The van der Waals surface area contributed by atoms with Crippen LogP contribution in [0.15, 0.2) is 11.6 Å². The molecule has 1 fully saturated rings. The topological polar surface area (TPSA) is 20.3 Å². The van der Waals surface area contributed by atoms with Crippen molar-refractivity contribution in [2.24, 2.45) is 0 Å². The molecule has 0 spiro atoms. The molecule has 0 saturated carbocycles. The summed E-state index contributed by atoms with van der Waals surface area (Å²) in [7, 11) is 0. The molecule has 0 amide bonds. The molecule has 1 saturated heterocycles. The first kappa shape index (κ1) is 9.91. The molecule has 1 heterocycles. The third-order valence-corrected chi connectivity index (χ3v) is 3.20. The van der Waals surface area contributed by atoms with Crippen molar-refractivity contribution >= 4 is 5.78 Å². The molecule has 0 bridgehead atoms. The number of rotatable bonds is 2. The van der Waals surface area contributed by atoms with Gasteiger partial charge in [-0.3, -0.25) is 9.69 Å². The Morgan fingerprint density at radius 1 is 1.14 bits per heavy atom. The standard InChI is InChI=1S/C12H19NO/c14-12-7-3-2-6-11(12)10-13-8-4-1-5-9-13/h6H,1-5,7-10H2. The summed E-state index contributed by atoms with van der Waals surface area (Å²) < 4.78 is 0. The zero-order valence-electron chi connectivity index (χ0n) is 8.80. The second-order valence-corrected chi connectivity index (χ2v) is 4.38. The Kier molecular flexibility index (Phi) is 3.35. The fourth-order valence-electron chi connectivity index (χ4n) is 2.32. The van der Waals surface area contributed by atoms with Crippen LogP contribution in [0.5, 0.6) is 0 Å². The molecule has 2 aliphatic rings. The maximum absolute atomic E-state index is 11.6. The molecular formula is C12H19NO. The van der Waals surface area contributed by atoms with Gasteiger partial charge in [-0.25, -0.2) is 0 Å². The molecule has 2 rings (SSSR count). The van der Waals surface area contributed by atoms with Crippen molar-refractivity contribution < 1.29 is 4.79 Å². The second-order valence-electron chi connectivity index (χ2n) is 4.38. The number of ketones is 1. The molecule has 1 aliphatic carbocycles. The number of nitrogens with zero attached hydrogens (tertiary/aromatic N) is 1. The summed E-state index contributed by atoms with van der Waals surface area (Å²) >= 11 is 0. The van der Waals surface area contributed by atoms with Crippen LogP contribution in [-0.4, -0.2) is 30.3 Å². The van der Waals surface area contributed by atoms with Crippen LogP contribution < -0.4 is 0 Å². The molecule has 2 nitrogen and oxygen atoms in total. The van der Waals surface area contributed by atoms with Crippen molar-refractivity contribution in [3.05, 3.63) is 11.6 Å². The zero-order chi connectivity index (χ0) is 9.80. The Hall–Kier alpha value is -0.630. The van der Waals surface area contributed by atoms with E-state index in [1.807, 2.05) is 0 Å². The van der Waals surface area contributed by atoms with Crippen LogP contribution in [0.2, 0.25) is 0 Å². The van der Waals surface area contributed by atoms with Gasteiger partial charge in [0.1, 0.15) is 0 Å². The van der Waals surface area contributed by atoms with E-state index in [2.05, 4.69) is 11.0 Å². The van der Waals surface area contributed by atoms with E-state index < -0.39 is 0 Å². The summed E-state index contributed by atoms with van der Waals surface area (Å²) in [4.78, 5) is 14.0. The molecule has 14 heavy (non-hydrogen) atoms. The molecule has 0 N–H and O–H groups in total. The maximum atomic E-state index is 11.6. The lowest BCUT2D eigenvalue weighted by Gasteiger charge is -2.27. The van der Waals surface area contributed by atoms with Crippen molar-refractivity contribution in [2.45, 2.75) is 38.5 Å². The van der Waals surface area contributed by atoms with Gasteiger partial charge in [-0.2, -0.15) is 0 Å². The third-order valence-electron chi connectivity index (χ3n) is 3.20. The van der Waals surface area contributed by atoms with Crippen LogP contribution in [-0.2, 0) is 4.79 Å². The van der Waals surface area contributed by atoms with E-state index in [9.17, 15) is 4.79 Å². The highest BCUT2D eigenvalue weighted by molar-refractivity contribution is 5.96. The molecule has 0 radical (unpaired) electrons. The van der Waals surface area contributed by atoms with Gasteiger partial charge in [-0.05, 0) is 38.8 Å². The number of allylic oxidation sites excluding steroid dienone is 1. The largest absolute Gasteiger partial charge is 0.299 e. The predicted octanol–water partition coefficient (Wildman–Crippen LogP) is 2.15. The second kappa shape index (κ2) is 4.74. The van der Waals surface area contributed by atoms with Gasteiger partial charge >= 0.3 is 0 Å². The highest BCUT2D eigenvalue weighted by atomic mass is 16.1. The summed E-state index contributed by atoms with van der Waals surface area (Å²) in [6.45, 7) is 3.29. The lowest BCUT2D eigenvalue weighted by Crippen LogP contribution is -2.33. The summed E-state index contributed by atoms with van der Waals surface area (Å²) in [6, 6.07) is 0. The summed E-state index contributed by atoms with van der Waals surface area (Å²) in [5.74, 6) is 0.391. The van der Waals surface area contributed by atoms with Crippen molar-refractivity contribution in [3.8, 4) is 0 Å². The fraction of sp³-hybridized carbons (Fsp3) is 0.750. The average Bonchev–Trinajstić information content (AvgIpc) is 2.23. The van der Waals surface area contributed by atoms with E-state index in [1.165, 1.54) is 32.4 Å². The predicted molar refractivity (Wildman–Crippen MR) is 57.2 cm³/mol. The minimum Gasteiger partial charge on any atom is -0.299 e. The molecule has 0 aromatic rings. The lowest BCUT2D eigenvalue weighted by atomic mass is 9.97. The van der Waals surface area contributed by atoms with Crippen molar-refractivity contribution in [1.82, 2.24) is 4.90 Å². The van der Waals surface area contributed by atoms with Crippen molar-refractivity contribution in [3.63, 3.8) is 0 Å². The first-order valence-electron chi connectivity index (χ1n) is 5.81. The smallest absolute Gasteiger partial charge is 0.159 e. The van der Waals surface area contributed by atoms with Crippen LogP contribution in [0, 0.1) is 0 Å². The number of hydrogen-bond acceptors (Lipinski definition) is 2. The van der Waals surface area contributed by atoms with E-state index in [0.29, 0.717) is 5.78 Å². The van der Waals surface area contributed by atoms with E-state index in [1.54, 1.807) is 0 Å². The summed E-state index contributed by atoms with van der Waals surface area (Å²) in [5, 5.41) is 0. The fourth-order valence-corrected chi connectivity index (χ4v) is 2.32. The monoisotopic (exact) mass is 193 g/mol. The highest BCUT2D eigenvalue weighted by Crippen LogP contribution is 2.17. The SMILES string of the molecule is O=C1CCCC=C1CN1CCCCC1. The van der Waals surface area contributed by atoms with Crippen LogP contribution in [0.1, 0.15) is 38.5 Å². The van der Waals surface area contributed by atoms with E-state index in [-0.39, 0.29) is 0 Å². The van der Waals surface area contributed by atoms with Gasteiger partial charge in [-0.15, -0.1) is 0 Å². The quantitative estimate of drug-likeness (QED) is 0.669. The van der Waals surface area contributed by atoms with Gasteiger partial charge in [0.25, 0.3) is 0 Å². The number of hydrogen-bond donors (Lipinski definition) is 0. The number of carbonyl (C=O) groups excluding carboxylic acids is 1. The Balaban J connectivity index is 1.88. The minimum absolute atomic E-state index is 0.391. The van der Waals surface area contributed by atoms with Crippen LogP contribution >= 0.6 is 0 Å². The van der Waals surface area contributed by atoms with E-state index in [0.717, 1.165) is 31.4 Å². The maximum Gasteiger partial charge on any atom is 0.159 e. The molecule has 0 unspecified atom stereocenters. The zero-order valence-corrected chi connectivity index (χ0v) is 8.80. The molecule has 1 aliphatic heterocycles. The van der Waals surface area contributed by atoms with Gasteiger partial charge in [0.05, 0.1) is 0 Å². The summed E-state index contributed by atoms with van der Waals surface area (Å²) in [6.07, 6.45) is 9.07. The van der Waals surface area contributed by atoms with Crippen molar-refractivity contribution in [2.75, 3.05) is 19.6 Å². The van der Waals surface area contributed by atoms with Crippen LogP contribution in [0.25, 0.3) is 0 Å². The van der Waals surface area contributed by atoms with Gasteiger partial charge < -0.3 is 0 Å². The Morgan fingerprint density at radius 3 is 2.64 bits per heavy atom. The molecule has 2 heteroatoms. The van der Waals surface area contributed by atoms with Crippen LogP contribution in [0.4, 0.5) is 0 Å². The summed E-state index contributed by atoms with van der Waals surface area (Å²) in [5.41, 5.74) is 1.08. The Labute approximate surface area is 86.0 Å². The highest BCUT2D eigenvalue weighted by Gasteiger charge is 2.17. The lowest BCUT2D eigenvalue weighted by molar-refractivity contribution is -0.116. The van der Waals surface area contributed by atoms with Gasteiger partial charge in [0, 0.05) is 18.5 Å². The molecular weight excluding hydrogens is 174 g/mol. The molecule has 0 aromatic carbocycles. The molecule has 0 aromatic heterocycles. The molecule has 78 valence electrons. The van der Waals surface area contributed by atoms with Gasteiger partial charge in [-0.1, -0.05) is 12.5 Å². The van der Waals surface area contributed by atoms with Crippen molar-refractivity contribution in [1.29, 1.82) is 0 Å². The third kappa shape index (κ3) is 2.44. The Morgan fingerprint density at radius 2 is 1.93 bits per heavy atom. The number of carbonyl (C=O) groups is 1.